The van der Waals surface area contributed by atoms with Crippen LogP contribution in [0.1, 0.15) is 5.56 Å². The van der Waals surface area contributed by atoms with Crippen LogP contribution >= 0.6 is 0 Å². The zero-order valence-corrected chi connectivity index (χ0v) is 14.7. The third-order valence-corrected chi connectivity index (χ3v) is 3.88. The number of carbonyl (C=O) groups is 1. The molecule has 2 amide bonds. The van der Waals surface area contributed by atoms with E-state index in [0.29, 0.717) is 23.2 Å². The lowest BCUT2D eigenvalue weighted by molar-refractivity contribution is 0.255. The summed E-state index contributed by atoms with van der Waals surface area (Å²) in [5, 5.41) is 4.19. The number of primary amides is 1. The number of amides is 2. The Kier molecular flexibility index (Phi) is 4.67. The Morgan fingerprint density at radius 1 is 1.11 bits per heavy atom. The summed E-state index contributed by atoms with van der Waals surface area (Å²) in [6.07, 6.45) is 8.24. The molecular formula is C20H16N6O2. The van der Waals surface area contributed by atoms with Crippen LogP contribution in [0.2, 0.25) is 0 Å². The third kappa shape index (κ3) is 3.65. The van der Waals surface area contributed by atoms with Gasteiger partial charge < -0.3 is 10.2 Å². The predicted molar refractivity (Wildman–Crippen MR) is 104 cm³/mol. The minimum absolute atomic E-state index is 0.298. The number of aromatic nitrogens is 4. The van der Waals surface area contributed by atoms with Gasteiger partial charge in [-0.1, -0.05) is 30.3 Å². The molecule has 0 bridgehead atoms. The third-order valence-electron chi connectivity index (χ3n) is 3.88. The highest BCUT2D eigenvalue weighted by molar-refractivity contribution is 5.92. The minimum Gasteiger partial charge on any atom is -0.461 e. The van der Waals surface area contributed by atoms with Crippen LogP contribution < -0.4 is 10.6 Å². The molecule has 0 atom stereocenters. The SMILES string of the molecule is NC(=O)N(C=Cc1ccccc1)c1cc(-n2cccn2)nc(-c2ccco2)n1. The highest BCUT2D eigenvalue weighted by Crippen LogP contribution is 2.23. The molecule has 8 heteroatoms. The normalized spacial score (nSPS) is 11.0. The number of urea groups is 1. The molecule has 0 saturated carbocycles. The molecule has 3 heterocycles. The first-order valence-corrected chi connectivity index (χ1v) is 8.45. The molecule has 4 aromatic rings. The van der Waals surface area contributed by atoms with Gasteiger partial charge in [-0.05, 0) is 29.8 Å². The summed E-state index contributed by atoms with van der Waals surface area (Å²) in [5.74, 6) is 1.55. The van der Waals surface area contributed by atoms with E-state index >= 15 is 0 Å². The van der Waals surface area contributed by atoms with Gasteiger partial charge in [0.05, 0.1) is 6.26 Å². The maximum Gasteiger partial charge on any atom is 0.324 e. The van der Waals surface area contributed by atoms with E-state index < -0.39 is 6.03 Å². The Labute approximate surface area is 160 Å². The van der Waals surface area contributed by atoms with Crippen molar-refractivity contribution in [2.24, 2.45) is 5.73 Å². The number of hydrogen-bond acceptors (Lipinski definition) is 5. The van der Waals surface area contributed by atoms with E-state index in [4.69, 9.17) is 10.2 Å². The minimum atomic E-state index is -0.678. The zero-order valence-electron chi connectivity index (χ0n) is 14.7. The van der Waals surface area contributed by atoms with Crippen molar-refractivity contribution < 1.29 is 9.21 Å². The molecule has 28 heavy (non-hydrogen) atoms. The molecule has 0 aliphatic heterocycles. The van der Waals surface area contributed by atoms with Crippen LogP contribution in [0.25, 0.3) is 23.5 Å². The number of anilines is 1. The summed E-state index contributed by atoms with van der Waals surface area (Å²) >= 11 is 0. The quantitative estimate of drug-likeness (QED) is 0.578. The monoisotopic (exact) mass is 372 g/mol. The molecule has 8 nitrogen and oxygen atoms in total. The molecule has 4 rings (SSSR count). The average molecular weight is 372 g/mol. The molecule has 0 radical (unpaired) electrons. The number of benzene rings is 1. The standard InChI is InChI=1S/C20H16N6O2/c21-20(27)25(12-9-15-6-2-1-3-7-15)17-14-18(26-11-5-10-22-26)24-19(23-17)16-8-4-13-28-16/h1-14H,(H2,21,27). The van der Waals surface area contributed by atoms with E-state index in [1.165, 1.54) is 11.2 Å². The average Bonchev–Trinajstić information content (AvgIpc) is 3.43. The molecular weight excluding hydrogens is 356 g/mol. The second kappa shape index (κ2) is 7.58. The van der Waals surface area contributed by atoms with Crippen molar-refractivity contribution in [1.29, 1.82) is 0 Å². The van der Waals surface area contributed by atoms with Crippen LogP contribution in [0.5, 0.6) is 0 Å². The van der Waals surface area contributed by atoms with Gasteiger partial charge in [-0.2, -0.15) is 5.10 Å². The van der Waals surface area contributed by atoms with Gasteiger partial charge in [-0.25, -0.2) is 19.4 Å². The molecule has 0 fully saturated rings. The second-order valence-electron chi connectivity index (χ2n) is 5.77. The molecule has 0 aliphatic rings. The van der Waals surface area contributed by atoms with Gasteiger partial charge in [-0.15, -0.1) is 0 Å². The van der Waals surface area contributed by atoms with Gasteiger partial charge in [0.15, 0.2) is 17.4 Å². The molecule has 0 spiro atoms. The van der Waals surface area contributed by atoms with E-state index in [1.807, 2.05) is 30.3 Å². The fourth-order valence-electron chi connectivity index (χ4n) is 2.57. The molecule has 0 saturated heterocycles. The number of hydrogen-bond donors (Lipinski definition) is 1. The van der Waals surface area contributed by atoms with Crippen molar-refractivity contribution in [2.45, 2.75) is 0 Å². The fourth-order valence-corrected chi connectivity index (χ4v) is 2.57. The van der Waals surface area contributed by atoms with E-state index in [2.05, 4.69) is 15.1 Å². The van der Waals surface area contributed by atoms with Crippen molar-refractivity contribution >= 4 is 17.9 Å². The number of furan rings is 1. The number of nitrogens with zero attached hydrogens (tertiary/aromatic N) is 5. The van der Waals surface area contributed by atoms with Gasteiger partial charge in [-0.3, -0.25) is 4.90 Å². The Balaban J connectivity index is 1.79. The van der Waals surface area contributed by atoms with E-state index in [9.17, 15) is 4.79 Å². The Hall–Kier alpha value is -4.20. The number of nitrogens with two attached hydrogens (primary N) is 1. The van der Waals surface area contributed by atoms with Crippen LogP contribution in [-0.2, 0) is 0 Å². The maximum absolute atomic E-state index is 12.1. The van der Waals surface area contributed by atoms with Crippen molar-refractivity contribution in [2.75, 3.05) is 4.90 Å². The summed E-state index contributed by atoms with van der Waals surface area (Å²) in [4.78, 5) is 22.3. The van der Waals surface area contributed by atoms with Crippen LogP contribution in [0.15, 0.2) is 83.9 Å². The summed E-state index contributed by atoms with van der Waals surface area (Å²) in [6.45, 7) is 0. The molecule has 0 aliphatic carbocycles. The van der Waals surface area contributed by atoms with Gasteiger partial charge in [0.25, 0.3) is 0 Å². The largest absolute Gasteiger partial charge is 0.461 e. The molecule has 138 valence electrons. The van der Waals surface area contributed by atoms with Crippen molar-refractivity contribution in [3.05, 3.63) is 85.0 Å². The number of carbonyl (C=O) groups excluding carboxylic acids is 1. The second-order valence-corrected chi connectivity index (χ2v) is 5.77. The van der Waals surface area contributed by atoms with Crippen molar-refractivity contribution in [3.8, 4) is 17.4 Å². The highest BCUT2D eigenvalue weighted by atomic mass is 16.3. The van der Waals surface area contributed by atoms with Gasteiger partial charge in [0, 0.05) is 24.7 Å². The summed E-state index contributed by atoms with van der Waals surface area (Å²) in [5.41, 5.74) is 6.52. The first kappa shape index (κ1) is 17.2. The summed E-state index contributed by atoms with van der Waals surface area (Å²) in [7, 11) is 0. The smallest absolute Gasteiger partial charge is 0.324 e. The van der Waals surface area contributed by atoms with Crippen molar-refractivity contribution in [3.63, 3.8) is 0 Å². The van der Waals surface area contributed by atoms with Crippen LogP contribution in [-0.4, -0.2) is 25.8 Å². The Bertz CT molecular complexity index is 1040. The molecule has 2 N–H and O–H groups in total. The van der Waals surface area contributed by atoms with Crippen LogP contribution in [0, 0.1) is 0 Å². The first-order valence-electron chi connectivity index (χ1n) is 8.45. The van der Waals surface area contributed by atoms with E-state index in [1.54, 1.807) is 53.6 Å². The lowest BCUT2D eigenvalue weighted by atomic mass is 10.2. The highest BCUT2D eigenvalue weighted by Gasteiger charge is 2.17. The van der Waals surface area contributed by atoms with E-state index in [0.717, 1.165) is 5.56 Å². The van der Waals surface area contributed by atoms with E-state index in [-0.39, 0.29) is 0 Å². The van der Waals surface area contributed by atoms with Gasteiger partial charge >= 0.3 is 6.03 Å². The topological polar surface area (TPSA) is 103 Å². The first-order chi connectivity index (χ1) is 13.7. The Morgan fingerprint density at radius 2 is 1.96 bits per heavy atom. The lowest BCUT2D eigenvalue weighted by Crippen LogP contribution is -2.32. The zero-order chi connectivity index (χ0) is 19.3. The predicted octanol–water partition coefficient (Wildman–Crippen LogP) is 3.48. The van der Waals surface area contributed by atoms with Gasteiger partial charge in [0.1, 0.15) is 5.82 Å². The van der Waals surface area contributed by atoms with Crippen LogP contribution in [0.4, 0.5) is 10.6 Å². The molecule has 0 unspecified atom stereocenters. The molecule has 1 aromatic carbocycles. The van der Waals surface area contributed by atoms with Crippen LogP contribution in [0.3, 0.4) is 0 Å². The van der Waals surface area contributed by atoms with Crippen molar-refractivity contribution in [1.82, 2.24) is 19.7 Å². The molecule has 3 aromatic heterocycles. The summed E-state index contributed by atoms with van der Waals surface area (Å²) < 4.78 is 6.98. The van der Waals surface area contributed by atoms with Gasteiger partial charge in [0.2, 0.25) is 0 Å². The fraction of sp³-hybridized carbons (Fsp3) is 0. The number of rotatable bonds is 5. The Morgan fingerprint density at radius 3 is 2.64 bits per heavy atom. The lowest BCUT2D eigenvalue weighted by Gasteiger charge is -2.16. The summed E-state index contributed by atoms with van der Waals surface area (Å²) in [6, 6.07) is 15.8. The maximum atomic E-state index is 12.1.